The van der Waals surface area contributed by atoms with Crippen LogP contribution in [-0.2, 0) is 13.0 Å². The standard InChI is InChI=1S/C32H30FN5O/c1-4-27-26-20-37(32(39)34-28-13-8-10-21(2)22(28)3)30(23-15-17-24(33)18-16-23)29-14-9-19-36(29)31(26)38(35-27)25-11-6-5-7-12-25/h5-19,30H,4,20H2,1-3H3,(H,34,39)/t30-/m1/s1. The molecule has 1 aliphatic heterocycles. The Morgan fingerprint density at radius 2 is 1.74 bits per heavy atom. The van der Waals surface area contributed by atoms with Gasteiger partial charge in [0.1, 0.15) is 11.6 Å². The molecule has 2 aromatic heterocycles. The summed E-state index contributed by atoms with van der Waals surface area (Å²) in [5, 5.41) is 8.17. The molecule has 196 valence electrons. The van der Waals surface area contributed by atoms with Gasteiger partial charge in [-0.25, -0.2) is 13.9 Å². The minimum atomic E-state index is -0.452. The van der Waals surface area contributed by atoms with Gasteiger partial charge in [-0.3, -0.25) is 0 Å². The van der Waals surface area contributed by atoms with E-state index in [2.05, 4.69) is 16.8 Å². The molecule has 39 heavy (non-hydrogen) atoms. The van der Waals surface area contributed by atoms with Crippen LogP contribution in [0.15, 0.2) is 91.1 Å². The molecule has 1 N–H and O–H groups in total. The van der Waals surface area contributed by atoms with E-state index < -0.39 is 6.04 Å². The summed E-state index contributed by atoms with van der Waals surface area (Å²) < 4.78 is 18.1. The number of anilines is 1. The monoisotopic (exact) mass is 519 g/mol. The van der Waals surface area contributed by atoms with Crippen LogP contribution in [0.4, 0.5) is 14.9 Å². The summed E-state index contributed by atoms with van der Waals surface area (Å²) in [5.41, 5.74) is 7.48. The van der Waals surface area contributed by atoms with Gasteiger partial charge < -0.3 is 14.8 Å². The van der Waals surface area contributed by atoms with Gasteiger partial charge in [0, 0.05) is 17.4 Å². The van der Waals surface area contributed by atoms with E-state index in [9.17, 15) is 9.18 Å². The van der Waals surface area contributed by atoms with Crippen molar-refractivity contribution < 1.29 is 9.18 Å². The van der Waals surface area contributed by atoms with E-state index in [0.717, 1.165) is 50.8 Å². The van der Waals surface area contributed by atoms with E-state index in [0.29, 0.717) is 13.0 Å². The van der Waals surface area contributed by atoms with Crippen molar-refractivity contribution in [3.8, 4) is 11.5 Å². The van der Waals surface area contributed by atoms with Gasteiger partial charge in [0.15, 0.2) is 0 Å². The molecule has 5 aromatic rings. The number of aromatic nitrogens is 3. The number of urea groups is 1. The summed E-state index contributed by atoms with van der Waals surface area (Å²) in [4.78, 5) is 16.0. The van der Waals surface area contributed by atoms with E-state index in [1.807, 2.05) is 90.3 Å². The van der Waals surface area contributed by atoms with E-state index in [-0.39, 0.29) is 11.8 Å². The Bertz CT molecular complexity index is 1650. The number of benzene rings is 3. The Morgan fingerprint density at radius 1 is 0.974 bits per heavy atom. The van der Waals surface area contributed by atoms with Crippen LogP contribution < -0.4 is 5.32 Å². The zero-order valence-electron chi connectivity index (χ0n) is 22.2. The number of carbonyl (C=O) groups is 1. The number of hydrogen-bond acceptors (Lipinski definition) is 2. The first-order chi connectivity index (χ1) is 19.0. The van der Waals surface area contributed by atoms with Crippen LogP contribution in [0, 0.1) is 19.7 Å². The van der Waals surface area contributed by atoms with Crippen LogP contribution >= 0.6 is 0 Å². The summed E-state index contributed by atoms with van der Waals surface area (Å²) in [6.45, 7) is 6.46. The predicted molar refractivity (Wildman–Crippen MR) is 151 cm³/mol. The highest BCUT2D eigenvalue weighted by atomic mass is 19.1. The van der Waals surface area contributed by atoms with E-state index in [1.165, 1.54) is 12.1 Å². The molecule has 0 aliphatic carbocycles. The molecule has 0 saturated carbocycles. The minimum absolute atomic E-state index is 0.229. The van der Waals surface area contributed by atoms with Crippen LogP contribution in [-0.4, -0.2) is 25.3 Å². The summed E-state index contributed by atoms with van der Waals surface area (Å²) >= 11 is 0. The quantitative estimate of drug-likeness (QED) is 0.275. The average molecular weight is 520 g/mol. The lowest BCUT2D eigenvalue weighted by Gasteiger charge is -2.31. The molecule has 0 saturated heterocycles. The van der Waals surface area contributed by atoms with Crippen molar-refractivity contribution >= 4 is 11.7 Å². The number of fused-ring (bicyclic) bond motifs is 3. The Kier molecular flexibility index (Phi) is 6.27. The van der Waals surface area contributed by atoms with Gasteiger partial charge in [-0.05, 0) is 79.4 Å². The predicted octanol–water partition coefficient (Wildman–Crippen LogP) is 7.12. The van der Waals surface area contributed by atoms with Gasteiger partial charge in [0.25, 0.3) is 0 Å². The largest absolute Gasteiger partial charge is 0.322 e. The molecule has 1 atom stereocenters. The number of para-hydroxylation sites is 1. The molecule has 7 heteroatoms. The second-order valence-corrected chi connectivity index (χ2v) is 9.91. The summed E-state index contributed by atoms with van der Waals surface area (Å²) in [7, 11) is 0. The number of nitrogens with zero attached hydrogens (tertiary/aromatic N) is 4. The highest BCUT2D eigenvalue weighted by Gasteiger charge is 2.36. The van der Waals surface area contributed by atoms with Gasteiger partial charge in [0.05, 0.1) is 29.7 Å². The minimum Gasteiger partial charge on any atom is -0.308 e. The van der Waals surface area contributed by atoms with Crippen LogP contribution in [0.3, 0.4) is 0 Å². The molecule has 0 unspecified atom stereocenters. The third-order valence-corrected chi connectivity index (χ3v) is 7.60. The fourth-order valence-corrected chi connectivity index (χ4v) is 5.42. The number of rotatable bonds is 4. The molecule has 0 fully saturated rings. The number of carbonyl (C=O) groups excluding carboxylic acids is 1. The van der Waals surface area contributed by atoms with Crippen molar-refractivity contribution in [1.29, 1.82) is 0 Å². The average Bonchev–Trinajstić information content (AvgIpc) is 3.53. The molecule has 0 radical (unpaired) electrons. The topological polar surface area (TPSA) is 55.1 Å². The van der Waals surface area contributed by atoms with Crippen molar-refractivity contribution in [3.63, 3.8) is 0 Å². The zero-order valence-corrected chi connectivity index (χ0v) is 22.2. The maximum Gasteiger partial charge on any atom is 0.322 e. The smallest absolute Gasteiger partial charge is 0.308 e. The number of hydrogen-bond donors (Lipinski definition) is 1. The number of amides is 2. The highest BCUT2D eigenvalue weighted by molar-refractivity contribution is 5.91. The van der Waals surface area contributed by atoms with Gasteiger partial charge in [-0.15, -0.1) is 0 Å². The van der Waals surface area contributed by atoms with Gasteiger partial charge >= 0.3 is 6.03 Å². The molecule has 0 bridgehead atoms. The number of nitrogens with one attached hydrogen (secondary N) is 1. The fraction of sp³-hybridized carbons (Fsp3) is 0.188. The lowest BCUT2D eigenvalue weighted by atomic mass is 10.0. The molecular weight excluding hydrogens is 489 g/mol. The zero-order chi connectivity index (χ0) is 27.1. The summed E-state index contributed by atoms with van der Waals surface area (Å²) in [6.07, 6.45) is 2.73. The normalized spacial score (nSPS) is 14.5. The Labute approximate surface area is 227 Å². The van der Waals surface area contributed by atoms with Gasteiger partial charge in [0.2, 0.25) is 0 Å². The molecule has 3 heterocycles. The second-order valence-electron chi connectivity index (χ2n) is 9.91. The van der Waals surface area contributed by atoms with Crippen molar-refractivity contribution in [3.05, 3.63) is 131 Å². The SMILES string of the molecule is CCc1nn(-c2ccccc2)c2c1CN(C(=O)Nc1cccc(C)c1C)[C@H](c1ccc(F)cc1)c1cccn1-2. The van der Waals surface area contributed by atoms with Crippen LogP contribution in [0.5, 0.6) is 0 Å². The molecule has 6 rings (SSSR count). The third kappa shape index (κ3) is 4.30. The van der Waals surface area contributed by atoms with Crippen molar-refractivity contribution in [2.45, 2.75) is 39.8 Å². The fourth-order valence-electron chi connectivity index (χ4n) is 5.42. The van der Waals surface area contributed by atoms with Crippen LogP contribution in [0.25, 0.3) is 11.5 Å². The Morgan fingerprint density at radius 3 is 2.49 bits per heavy atom. The number of halogens is 1. The first-order valence-corrected chi connectivity index (χ1v) is 13.2. The molecular formula is C32H30FN5O. The summed E-state index contributed by atoms with van der Waals surface area (Å²) in [6, 6.07) is 25.7. The van der Waals surface area contributed by atoms with Crippen molar-refractivity contribution in [2.75, 3.05) is 5.32 Å². The maximum atomic E-state index is 14.2. The van der Waals surface area contributed by atoms with E-state index in [4.69, 9.17) is 5.10 Å². The Balaban J connectivity index is 1.55. The van der Waals surface area contributed by atoms with Crippen molar-refractivity contribution in [2.24, 2.45) is 0 Å². The summed E-state index contributed by atoms with van der Waals surface area (Å²) in [5.74, 6) is 0.595. The molecule has 3 aromatic carbocycles. The lowest BCUT2D eigenvalue weighted by molar-refractivity contribution is 0.194. The third-order valence-electron chi connectivity index (χ3n) is 7.60. The highest BCUT2D eigenvalue weighted by Crippen LogP contribution is 2.39. The lowest BCUT2D eigenvalue weighted by Crippen LogP contribution is -2.38. The molecule has 1 aliphatic rings. The molecule has 0 spiro atoms. The van der Waals surface area contributed by atoms with Crippen LogP contribution in [0.2, 0.25) is 0 Å². The maximum absolute atomic E-state index is 14.2. The van der Waals surface area contributed by atoms with E-state index in [1.54, 1.807) is 12.1 Å². The molecule has 2 amide bonds. The van der Waals surface area contributed by atoms with E-state index >= 15 is 0 Å². The number of aryl methyl sites for hydroxylation is 2. The van der Waals surface area contributed by atoms with Gasteiger partial charge in [-0.1, -0.05) is 49.4 Å². The first kappa shape index (κ1) is 24.7. The second kappa shape index (κ2) is 9.91. The first-order valence-electron chi connectivity index (χ1n) is 13.2. The van der Waals surface area contributed by atoms with Crippen LogP contribution in [0.1, 0.15) is 46.6 Å². The van der Waals surface area contributed by atoms with Gasteiger partial charge in [-0.2, -0.15) is 5.10 Å². The molecule has 6 nitrogen and oxygen atoms in total. The van der Waals surface area contributed by atoms with Crippen molar-refractivity contribution in [1.82, 2.24) is 19.2 Å². The Hall–Kier alpha value is -4.65.